The minimum absolute atomic E-state index is 0.265. The minimum atomic E-state index is -0.265. The molecule has 0 aliphatic heterocycles. The van der Waals surface area contributed by atoms with E-state index in [1.165, 1.54) is 6.07 Å². The Kier molecular flexibility index (Phi) is 3.78. The maximum atomic E-state index is 13.3. The fraction of sp³-hybridized carbons (Fsp3) is 0.250. The van der Waals surface area contributed by atoms with Crippen LogP contribution >= 0.6 is 15.9 Å². The van der Waals surface area contributed by atoms with Crippen LogP contribution in [0.1, 0.15) is 12.6 Å². The molecule has 0 spiro atoms. The molecule has 0 saturated heterocycles. The van der Waals surface area contributed by atoms with Gasteiger partial charge in [0.15, 0.2) is 0 Å². The molecule has 3 nitrogen and oxygen atoms in total. The average Bonchev–Trinajstić information content (AvgIpc) is 2.78. The second-order valence-corrected chi connectivity index (χ2v) is 4.48. The first-order chi connectivity index (χ1) is 8.20. The Labute approximate surface area is 108 Å². The molecular formula is C12H13BrFN3. The molecule has 1 N–H and O–H groups in total. The molecule has 17 heavy (non-hydrogen) atoms. The molecule has 0 amide bonds. The summed E-state index contributed by atoms with van der Waals surface area (Å²) in [6.45, 7) is 3.50. The lowest BCUT2D eigenvalue weighted by Gasteiger charge is -2.08. The van der Waals surface area contributed by atoms with Crippen LogP contribution in [0.2, 0.25) is 0 Å². The Hall–Kier alpha value is -1.36. The number of hydrogen-bond acceptors (Lipinski definition) is 2. The van der Waals surface area contributed by atoms with Crippen LogP contribution in [0.25, 0.3) is 0 Å². The van der Waals surface area contributed by atoms with Crippen molar-refractivity contribution in [2.45, 2.75) is 20.0 Å². The summed E-state index contributed by atoms with van der Waals surface area (Å²) in [5.41, 5.74) is 1.84. The van der Waals surface area contributed by atoms with E-state index < -0.39 is 0 Å². The quantitative estimate of drug-likeness (QED) is 0.937. The van der Waals surface area contributed by atoms with Gasteiger partial charge in [-0.25, -0.2) is 4.39 Å². The fourth-order valence-electron chi connectivity index (χ4n) is 1.59. The van der Waals surface area contributed by atoms with Gasteiger partial charge in [0.25, 0.3) is 0 Å². The van der Waals surface area contributed by atoms with Crippen LogP contribution in [0.3, 0.4) is 0 Å². The predicted octanol–water partition coefficient (Wildman–Crippen LogP) is 3.42. The van der Waals surface area contributed by atoms with Gasteiger partial charge in [-0.05, 0) is 47.1 Å². The van der Waals surface area contributed by atoms with Gasteiger partial charge in [-0.15, -0.1) is 0 Å². The molecule has 90 valence electrons. The SMILES string of the molecule is CCn1nccc1CNc1ccc(Br)c(F)c1. The highest BCUT2D eigenvalue weighted by molar-refractivity contribution is 9.10. The number of nitrogens with zero attached hydrogens (tertiary/aromatic N) is 2. The third-order valence-corrected chi connectivity index (χ3v) is 3.14. The second-order valence-electron chi connectivity index (χ2n) is 3.62. The van der Waals surface area contributed by atoms with Crippen molar-refractivity contribution >= 4 is 21.6 Å². The summed E-state index contributed by atoms with van der Waals surface area (Å²) < 4.78 is 15.7. The second kappa shape index (κ2) is 5.31. The minimum Gasteiger partial charge on any atom is -0.379 e. The maximum absolute atomic E-state index is 13.3. The third kappa shape index (κ3) is 2.85. The van der Waals surface area contributed by atoms with Crippen molar-refractivity contribution in [3.8, 4) is 0 Å². The largest absolute Gasteiger partial charge is 0.379 e. The summed E-state index contributed by atoms with van der Waals surface area (Å²) in [5, 5.41) is 7.34. The molecule has 0 unspecified atom stereocenters. The Morgan fingerprint density at radius 2 is 2.24 bits per heavy atom. The van der Waals surface area contributed by atoms with Crippen molar-refractivity contribution in [3.63, 3.8) is 0 Å². The number of hydrogen-bond donors (Lipinski definition) is 1. The maximum Gasteiger partial charge on any atom is 0.139 e. The summed E-state index contributed by atoms with van der Waals surface area (Å²) in [5.74, 6) is -0.265. The number of rotatable bonds is 4. The molecule has 0 aliphatic carbocycles. The first kappa shape index (κ1) is 12.1. The van der Waals surface area contributed by atoms with Gasteiger partial charge in [-0.2, -0.15) is 5.10 Å². The summed E-state index contributed by atoms with van der Waals surface area (Å²) >= 11 is 3.13. The van der Waals surface area contributed by atoms with E-state index in [9.17, 15) is 4.39 Å². The van der Waals surface area contributed by atoms with Gasteiger partial charge in [0.1, 0.15) is 5.82 Å². The Bertz CT molecular complexity index is 510. The normalized spacial score (nSPS) is 10.5. The highest BCUT2D eigenvalue weighted by Gasteiger charge is 2.02. The predicted molar refractivity (Wildman–Crippen MR) is 69.3 cm³/mol. The summed E-state index contributed by atoms with van der Waals surface area (Å²) in [4.78, 5) is 0. The summed E-state index contributed by atoms with van der Waals surface area (Å²) in [7, 11) is 0. The van der Waals surface area contributed by atoms with E-state index in [2.05, 4.69) is 26.3 Å². The van der Waals surface area contributed by atoms with E-state index in [4.69, 9.17) is 0 Å². The molecular weight excluding hydrogens is 285 g/mol. The lowest BCUT2D eigenvalue weighted by atomic mass is 10.3. The highest BCUT2D eigenvalue weighted by atomic mass is 79.9. The summed E-state index contributed by atoms with van der Waals surface area (Å²) in [6, 6.07) is 6.94. The molecule has 0 fully saturated rings. The van der Waals surface area contributed by atoms with Crippen molar-refractivity contribution in [2.24, 2.45) is 0 Å². The van der Waals surface area contributed by atoms with Crippen molar-refractivity contribution in [3.05, 3.63) is 46.4 Å². The molecule has 0 bridgehead atoms. The van der Waals surface area contributed by atoms with Gasteiger partial charge in [-0.1, -0.05) is 0 Å². The van der Waals surface area contributed by atoms with E-state index in [-0.39, 0.29) is 5.82 Å². The van der Waals surface area contributed by atoms with Gasteiger partial charge >= 0.3 is 0 Å². The van der Waals surface area contributed by atoms with Crippen LogP contribution in [0.5, 0.6) is 0 Å². The topological polar surface area (TPSA) is 29.9 Å². The highest BCUT2D eigenvalue weighted by Crippen LogP contribution is 2.19. The number of nitrogens with one attached hydrogen (secondary N) is 1. The lowest BCUT2D eigenvalue weighted by Crippen LogP contribution is -2.07. The Morgan fingerprint density at radius 3 is 2.94 bits per heavy atom. The van der Waals surface area contributed by atoms with Crippen molar-refractivity contribution < 1.29 is 4.39 Å². The molecule has 1 heterocycles. The molecule has 2 aromatic rings. The van der Waals surface area contributed by atoms with Crippen molar-refractivity contribution in [1.82, 2.24) is 9.78 Å². The first-order valence-electron chi connectivity index (χ1n) is 5.40. The molecule has 0 radical (unpaired) electrons. The van der Waals surface area contributed by atoms with Gasteiger partial charge in [0.2, 0.25) is 0 Å². The molecule has 0 aliphatic rings. The van der Waals surface area contributed by atoms with E-state index in [1.54, 1.807) is 12.3 Å². The summed E-state index contributed by atoms with van der Waals surface area (Å²) in [6.07, 6.45) is 1.77. The van der Waals surface area contributed by atoms with Crippen LogP contribution in [-0.4, -0.2) is 9.78 Å². The standard InChI is InChI=1S/C12H13BrFN3/c1-2-17-10(5-6-16-17)8-15-9-3-4-11(13)12(14)7-9/h3-7,15H,2,8H2,1H3. The van der Waals surface area contributed by atoms with Gasteiger partial charge in [0.05, 0.1) is 16.7 Å². The number of benzene rings is 1. The monoisotopic (exact) mass is 297 g/mol. The number of aromatic nitrogens is 2. The van der Waals surface area contributed by atoms with E-state index in [0.29, 0.717) is 11.0 Å². The van der Waals surface area contributed by atoms with Crippen molar-refractivity contribution in [2.75, 3.05) is 5.32 Å². The smallest absolute Gasteiger partial charge is 0.139 e. The molecule has 5 heteroatoms. The zero-order chi connectivity index (χ0) is 12.3. The number of anilines is 1. The zero-order valence-corrected chi connectivity index (χ0v) is 11.0. The van der Waals surface area contributed by atoms with Crippen molar-refractivity contribution in [1.29, 1.82) is 0 Å². The van der Waals surface area contributed by atoms with E-state index >= 15 is 0 Å². The fourth-order valence-corrected chi connectivity index (χ4v) is 1.84. The molecule has 1 aromatic heterocycles. The molecule has 1 aromatic carbocycles. The molecule has 2 rings (SSSR count). The lowest BCUT2D eigenvalue weighted by molar-refractivity contribution is 0.620. The molecule has 0 saturated carbocycles. The number of halogens is 2. The van der Waals surface area contributed by atoms with E-state index in [0.717, 1.165) is 17.9 Å². The first-order valence-corrected chi connectivity index (χ1v) is 6.19. The van der Waals surface area contributed by atoms with Crippen LogP contribution in [0.15, 0.2) is 34.9 Å². The van der Waals surface area contributed by atoms with Gasteiger partial charge in [-0.3, -0.25) is 4.68 Å². The van der Waals surface area contributed by atoms with Crippen LogP contribution in [-0.2, 0) is 13.1 Å². The third-order valence-electron chi connectivity index (χ3n) is 2.50. The van der Waals surface area contributed by atoms with Gasteiger partial charge < -0.3 is 5.32 Å². The molecule has 0 atom stereocenters. The van der Waals surface area contributed by atoms with Gasteiger partial charge in [0, 0.05) is 18.4 Å². The van der Waals surface area contributed by atoms with Crippen LogP contribution in [0.4, 0.5) is 10.1 Å². The Morgan fingerprint density at radius 1 is 1.41 bits per heavy atom. The number of aryl methyl sites for hydroxylation is 1. The Balaban J connectivity index is 2.05. The zero-order valence-electron chi connectivity index (χ0n) is 9.45. The van der Waals surface area contributed by atoms with Crippen LogP contribution in [0, 0.1) is 5.82 Å². The van der Waals surface area contributed by atoms with Crippen LogP contribution < -0.4 is 5.32 Å². The average molecular weight is 298 g/mol. The van der Waals surface area contributed by atoms with E-state index in [1.807, 2.05) is 23.7 Å².